The molecule has 1 saturated heterocycles. The maximum Gasteiger partial charge on any atom is 0.273 e. The van der Waals surface area contributed by atoms with Crippen LogP contribution in [0.2, 0.25) is 0 Å². The zero-order chi connectivity index (χ0) is 15.8. The monoisotopic (exact) mass is 311 g/mol. The van der Waals surface area contributed by atoms with E-state index in [2.05, 4.69) is 34.6 Å². The first-order valence-electron chi connectivity index (χ1n) is 8.25. The first-order chi connectivity index (χ1) is 11.2. The number of aromatic nitrogens is 1. The molecule has 1 aliphatic carbocycles. The molecule has 120 valence electrons. The largest absolute Gasteiger partial charge is 0.360 e. The molecule has 1 N–H and O–H groups in total. The van der Waals surface area contributed by atoms with Gasteiger partial charge in [0.2, 0.25) is 0 Å². The first kappa shape index (κ1) is 14.5. The summed E-state index contributed by atoms with van der Waals surface area (Å²) in [6, 6.07) is 12.4. The second-order valence-electron chi connectivity index (χ2n) is 6.59. The molecule has 1 amide bonds. The van der Waals surface area contributed by atoms with Gasteiger partial charge in [-0.1, -0.05) is 35.5 Å². The van der Waals surface area contributed by atoms with Crippen molar-refractivity contribution in [3.8, 4) is 0 Å². The molecular formula is C18H21N3O2. The quantitative estimate of drug-likeness (QED) is 0.943. The van der Waals surface area contributed by atoms with Gasteiger partial charge in [-0.3, -0.25) is 9.69 Å². The average molecular weight is 311 g/mol. The Kier molecular flexibility index (Phi) is 3.65. The number of benzene rings is 1. The van der Waals surface area contributed by atoms with Gasteiger partial charge >= 0.3 is 0 Å². The van der Waals surface area contributed by atoms with Crippen molar-refractivity contribution in [1.82, 2.24) is 15.4 Å². The predicted molar refractivity (Wildman–Crippen MR) is 86.2 cm³/mol. The topological polar surface area (TPSA) is 58.4 Å². The van der Waals surface area contributed by atoms with Gasteiger partial charge in [-0.25, -0.2) is 0 Å². The van der Waals surface area contributed by atoms with E-state index in [4.69, 9.17) is 4.52 Å². The lowest BCUT2D eigenvalue weighted by molar-refractivity contribution is 0.0918. The number of hydrogen-bond donors (Lipinski definition) is 1. The van der Waals surface area contributed by atoms with E-state index in [1.54, 1.807) is 6.07 Å². The SMILES string of the molecule is CN1CC[C@H](NC(=O)c2cc(C3CC3)on2)[C@H]1c1ccccc1. The molecule has 2 atom stereocenters. The van der Waals surface area contributed by atoms with Gasteiger partial charge in [0, 0.05) is 18.5 Å². The van der Waals surface area contributed by atoms with E-state index in [9.17, 15) is 4.79 Å². The molecule has 2 heterocycles. The fraction of sp³-hybridized carbons (Fsp3) is 0.444. The summed E-state index contributed by atoms with van der Waals surface area (Å²) in [6.07, 6.45) is 3.22. The predicted octanol–water partition coefficient (Wildman–Crippen LogP) is 2.73. The Morgan fingerprint density at radius 1 is 1.26 bits per heavy atom. The molecule has 5 nitrogen and oxygen atoms in total. The fourth-order valence-electron chi connectivity index (χ4n) is 3.43. The van der Waals surface area contributed by atoms with Gasteiger partial charge in [-0.2, -0.15) is 0 Å². The number of carbonyl (C=O) groups excluding carboxylic acids is 1. The van der Waals surface area contributed by atoms with Crippen LogP contribution in [0.25, 0.3) is 0 Å². The zero-order valence-corrected chi connectivity index (χ0v) is 13.2. The van der Waals surface area contributed by atoms with E-state index in [0.29, 0.717) is 11.6 Å². The van der Waals surface area contributed by atoms with Crippen LogP contribution in [0.3, 0.4) is 0 Å². The normalized spacial score (nSPS) is 24.7. The Bertz CT molecular complexity index is 693. The molecule has 5 heteroatoms. The molecule has 1 aliphatic heterocycles. The van der Waals surface area contributed by atoms with Gasteiger partial charge in [0.25, 0.3) is 5.91 Å². The molecule has 0 radical (unpaired) electrons. The molecule has 1 aromatic heterocycles. The number of nitrogens with one attached hydrogen (secondary N) is 1. The van der Waals surface area contributed by atoms with Gasteiger partial charge < -0.3 is 9.84 Å². The van der Waals surface area contributed by atoms with E-state index in [-0.39, 0.29) is 18.0 Å². The number of carbonyl (C=O) groups is 1. The van der Waals surface area contributed by atoms with Crippen LogP contribution in [0, 0.1) is 0 Å². The third-order valence-electron chi connectivity index (χ3n) is 4.85. The molecule has 1 aromatic carbocycles. The lowest BCUT2D eigenvalue weighted by atomic mass is 10.00. The summed E-state index contributed by atoms with van der Waals surface area (Å²) in [5, 5.41) is 7.08. The number of nitrogens with zero attached hydrogens (tertiary/aromatic N) is 2. The molecule has 2 aromatic rings. The number of amides is 1. The van der Waals surface area contributed by atoms with Crippen molar-refractivity contribution in [2.45, 2.75) is 37.3 Å². The minimum atomic E-state index is -0.137. The summed E-state index contributed by atoms with van der Waals surface area (Å²) in [7, 11) is 2.10. The van der Waals surface area contributed by atoms with Gasteiger partial charge in [-0.05, 0) is 31.9 Å². The lowest BCUT2D eigenvalue weighted by Gasteiger charge is -2.25. The smallest absolute Gasteiger partial charge is 0.273 e. The number of rotatable bonds is 4. The van der Waals surface area contributed by atoms with Crippen molar-refractivity contribution in [3.63, 3.8) is 0 Å². The van der Waals surface area contributed by atoms with Crippen molar-refractivity contribution in [1.29, 1.82) is 0 Å². The second kappa shape index (κ2) is 5.81. The maximum atomic E-state index is 12.5. The molecule has 23 heavy (non-hydrogen) atoms. The molecule has 2 aliphatic rings. The summed E-state index contributed by atoms with van der Waals surface area (Å²) < 4.78 is 5.29. The molecule has 4 rings (SSSR count). The van der Waals surface area contributed by atoms with Crippen molar-refractivity contribution < 1.29 is 9.32 Å². The molecule has 0 unspecified atom stereocenters. The molecular weight excluding hydrogens is 290 g/mol. The summed E-state index contributed by atoms with van der Waals surface area (Å²) in [5.74, 6) is 1.18. The highest BCUT2D eigenvalue weighted by Gasteiger charge is 2.35. The maximum absolute atomic E-state index is 12.5. The van der Waals surface area contributed by atoms with Gasteiger partial charge in [0.1, 0.15) is 5.76 Å². The van der Waals surface area contributed by atoms with Crippen molar-refractivity contribution in [2.75, 3.05) is 13.6 Å². The third kappa shape index (κ3) is 2.88. The highest BCUT2D eigenvalue weighted by atomic mass is 16.5. The number of likely N-dealkylation sites (N-methyl/N-ethyl adjacent to an activating group) is 1. The van der Waals surface area contributed by atoms with E-state index >= 15 is 0 Å². The number of hydrogen-bond acceptors (Lipinski definition) is 4. The molecule has 2 fully saturated rings. The molecule has 1 saturated carbocycles. The standard InChI is InChI=1S/C18H21N3O2/c1-21-10-9-14(17(21)13-5-3-2-4-6-13)19-18(22)15-11-16(23-20-15)12-7-8-12/h2-6,11-12,14,17H,7-10H2,1H3,(H,19,22)/t14-,17+/m0/s1. The minimum absolute atomic E-state index is 0.0935. The van der Waals surface area contributed by atoms with E-state index in [0.717, 1.165) is 31.6 Å². The Morgan fingerprint density at radius 3 is 2.78 bits per heavy atom. The highest BCUT2D eigenvalue weighted by molar-refractivity contribution is 5.92. The van der Waals surface area contributed by atoms with E-state index in [1.807, 2.05) is 18.2 Å². The first-order valence-corrected chi connectivity index (χ1v) is 8.25. The Morgan fingerprint density at radius 2 is 2.04 bits per heavy atom. The Hall–Kier alpha value is -2.14. The third-order valence-corrected chi connectivity index (χ3v) is 4.85. The van der Waals surface area contributed by atoms with Crippen molar-refractivity contribution in [2.24, 2.45) is 0 Å². The lowest BCUT2D eigenvalue weighted by Crippen LogP contribution is -2.39. The van der Waals surface area contributed by atoms with Crippen LogP contribution in [-0.2, 0) is 0 Å². The molecule has 0 spiro atoms. The van der Waals surface area contributed by atoms with Crippen LogP contribution >= 0.6 is 0 Å². The zero-order valence-electron chi connectivity index (χ0n) is 13.2. The Balaban J connectivity index is 1.49. The van der Waals surface area contributed by atoms with Gasteiger partial charge in [0.05, 0.1) is 12.1 Å². The van der Waals surface area contributed by atoms with E-state index < -0.39 is 0 Å². The summed E-state index contributed by atoms with van der Waals surface area (Å²) >= 11 is 0. The highest BCUT2D eigenvalue weighted by Crippen LogP contribution is 2.40. The Labute approximate surface area is 135 Å². The van der Waals surface area contributed by atoms with Crippen LogP contribution < -0.4 is 5.32 Å². The summed E-state index contributed by atoms with van der Waals surface area (Å²) in [5.41, 5.74) is 1.63. The van der Waals surface area contributed by atoms with Gasteiger partial charge in [0.15, 0.2) is 5.69 Å². The summed E-state index contributed by atoms with van der Waals surface area (Å²) in [6.45, 7) is 0.969. The van der Waals surface area contributed by atoms with Crippen LogP contribution in [0.15, 0.2) is 40.9 Å². The second-order valence-corrected chi connectivity index (χ2v) is 6.59. The average Bonchev–Trinajstić information content (AvgIpc) is 3.18. The van der Waals surface area contributed by atoms with Crippen molar-refractivity contribution >= 4 is 5.91 Å². The van der Waals surface area contributed by atoms with Crippen LogP contribution in [0.5, 0.6) is 0 Å². The van der Waals surface area contributed by atoms with Crippen LogP contribution in [-0.4, -0.2) is 35.6 Å². The van der Waals surface area contributed by atoms with Crippen LogP contribution in [0.1, 0.15) is 53.0 Å². The number of likely N-dealkylation sites (tertiary alicyclic amines) is 1. The van der Waals surface area contributed by atoms with E-state index in [1.165, 1.54) is 5.56 Å². The minimum Gasteiger partial charge on any atom is -0.360 e. The van der Waals surface area contributed by atoms with Gasteiger partial charge in [-0.15, -0.1) is 0 Å². The molecule has 0 bridgehead atoms. The van der Waals surface area contributed by atoms with Crippen LogP contribution in [0.4, 0.5) is 0 Å². The van der Waals surface area contributed by atoms with Crippen molar-refractivity contribution in [3.05, 3.63) is 53.4 Å². The summed E-state index contributed by atoms with van der Waals surface area (Å²) in [4.78, 5) is 14.8. The fourth-order valence-corrected chi connectivity index (χ4v) is 3.43.